The van der Waals surface area contributed by atoms with Crippen LogP contribution in [0.1, 0.15) is 10.4 Å². The molecule has 1 saturated heterocycles. The fourth-order valence-electron chi connectivity index (χ4n) is 2.19. The molecule has 0 saturated carbocycles. The maximum Gasteiger partial charge on any atom is 0.407 e. The normalized spacial score (nSPS) is 15.1. The first-order chi connectivity index (χ1) is 9.52. The van der Waals surface area contributed by atoms with Crippen molar-refractivity contribution >= 4 is 29.3 Å². The Bertz CT molecular complexity index is 528. The van der Waals surface area contributed by atoms with Crippen LogP contribution in [0.25, 0.3) is 0 Å². The van der Waals surface area contributed by atoms with Crippen molar-refractivity contribution in [2.45, 2.75) is 0 Å². The quantitative estimate of drug-likeness (QED) is 0.868. The number of rotatable bonds is 2. The van der Waals surface area contributed by atoms with Gasteiger partial charge in [-0.15, -0.1) is 0 Å². The average molecular weight is 298 g/mol. The Kier molecular flexibility index (Phi) is 4.34. The summed E-state index contributed by atoms with van der Waals surface area (Å²) in [5.41, 5.74) is 1.33. The Labute approximate surface area is 121 Å². The van der Waals surface area contributed by atoms with Gasteiger partial charge in [0.1, 0.15) is 0 Å². The first-order valence-corrected chi connectivity index (χ1v) is 6.65. The number of hydrogen-bond donors (Lipinski definition) is 2. The average Bonchev–Trinajstić information content (AvgIpc) is 2.46. The molecule has 1 aliphatic rings. The fraction of sp³-hybridized carbons (Fsp3) is 0.385. The van der Waals surface area contributed by atoms with Gasteiger partial charge in [-0.05, 0) is 18.2 Å². The lowest BCUT2D eigenvalue weighted by Gasteiger charge is -2.35. The van der Waals surface area contributed by atoms with Gasteiger partial charge in [0.05, 0.1) is 10.7 Å². The van der Waals surface area contributed by atoms with Crippen molar-refractivity contribution in [1.29, 1.82) is 0 Å². The molecule has 0 spiro atoms. The molecule has 1 aromatic rings. The summed E-state index contributed by atoms with van der Waals surface area (Å²) >= 11 is 6.21. The summed E-state index contributed by atoms with van der Waals surface area (Å²) in [6.07, 6.45) is -0.897. The molecular weight excluding hydrogens is 282 g/mol. The van der Waals surface area contributed by atoms with Gasteiger partial charge < -0.3 is 20.2 Å². The SMILES string of the molecule is CNC(=O)c1ccc(N2CCN(C(=O)O)CC2)c(Cl)c1. The van der Waals surface area contributed by atoms with Crippen molar-refractivity contribution in [1.82, 2.24) is 10.2 Å². The van der Waals surface area contributed by atoms with E-state index in [9.17, 15) is 9.59 Å². The second-order valence-electron chi connectivity index (χ2n) is 4.50. The number of anilines is 1. The molecule has 1 fully saturated rings. The Morgan fingerprint density at radius 1 is 1.25 bits per heavy atom. The molecule has 2 amide bonds. The van der Waals surface area contributed by atoms with Gasteiger partial charge in [-0.1, -0.05) is 11.6 Å². The van der Waals surface area contributed by atoms with Crippen LogP contribution < -0.4 is 10.2 Å². The number of halogens is 1. The highest BCUT2D eigenvalue weighted by molar-refractivity contribution is 6.33. The molecule has 6 nitrogen and oxygen atoms in total. The standard InChI is InChI=1S/C13H16ClN3O3/c1-15-12(18)9-2-3-11(10(14)8-9)16-4-6-17(7-5-16)13(19)20/h2-3,8H,4-7H2,1H3,(H,15,18)(H,19,20). The zero-order valence-electron chi connectivity index (χ0n) is 11.1. The van der Waals surface area contributed by atoms with Crippen LogP contribution in [0.2, 0.25) is 5.02 Å². The Morgan fingerprint density at radius 2 is 1.90 bits per heavy atom. The lowest BCUT2D eigenvalue weighted by molar-refractivity contribution is 0.0963. The summed E-state index contributed by atoms with van der Waals surface area (Å²) in [6, 6.07) is 5.13. The van der Waals surface area contributed by atoms with E-state index in [4.69, 9.17) is 16.7 Å². The molecule has 0 aliphatic carbocycles. The van der Waals surface area contributed by atoms with E-state index in [0.717, 1.165) is 5.69 Å². The molecule has 1 heterocycles. The van der Waals surface area contributed by atoms with Crippen molar-refractivity contribution in [2.24, 2.45) is 0 Å². The van der Waals surface area contributed by atoms with Crippen molar-refractivity contribution in [3.63, 3.8) is 0 Å². The zero-order chi connectivity index (χ0) is 14.7. The fourth-order valence-corrected chi connectivity index (χ4v) is 2.49. The van der Waals surface area contributed by atoms with E-state index in [-0.39, 0.29) is 5.91 Å². The summed E-state index contributed by atoms with van der Waals surface area (Å²) in [5.74, 6) is -0.186. The number of nitrogens with zero attached hydrogens (tertiary/aromatic N) is 2. The monoisotopic (exact) mass is 297 g/mol. The second-order valence-corrected chi connectivity index (χ2v) is 4.91. The molecule has 1 aliphatic heterocycles. The van der Waals surface area contributed by atoms with Gasteiger partial charge in [0.2, 0.25) is 0 Å². The summed E-state index contributed by atoms with van der Waals surface area (Å²) in [7, 11) is 1.56. The zero-order valence-corrected chi connectivity index (χ0v) is 11.9. The van der Waals surface area contributed by atoms with Gasteiger partial charge >= 0.3 is 6.09 Å². The van der Waals surface area contributed by atoms with Crippen molar-refractivity contribution in [3.05, 3.63) is 28.8 Å². The van der Waals surface area contributed by atoms with E-state index in [1.165, 1.54) is 4.90 Å². The number of hydrogen-bond acceptors (Lipinski definition) is 3. The molecule has 0 bridgehead atoms. The van der Waals surface area contributed by atoms with Crippen LogP contribution in [0, 0.1) is 0 Å². The van der Waals surface area contributed by atoms with Crippen LogP contribution in [0.4, 0.5) is 10.5 Å². The number of carboxylic acid groups (broad SMARTS) is 1. The molecule has 1 aromatic carbocycles. The summed E-state index contributed by atoms with van der Waals surface area (Å²) < 4.78 is 0. The predicted octanol–water partition coefficient (Wildman–Crippen LogP) is 1.50. The number of carbonyl (C=O) groups excluding carboxylic acids is 1. The van der Waals surface area contributed by atoms with E-state index in [2.05, 4.69) is 5.32 Å². The molecule has 20 heavy (non-hydrogen) atoms. The number of carbonyl (C=O) groups is 2. The van der Waals surface area contributed by atoms with E-state index in [1.807, 2.05) is 4.90 Å². The minimum absolute atomic E-state index is 0.186. The lowest BCUT2D eigenvalue weighted by Crippen LogP contribution is -2.48. The highest BCUT2D eigenvalue weighted by atomic mass is 35.5. The van der Waals surface area contributed by atoms with Gasteiger partial charge in [0.25, 0.3) is 5.91 Å². The number of benzene rings is 1. The summed E-state index contributed by atoms with van der Waals surface area (Å²) in [4.78, 5) is 25.8. The molecule has 7 heteroatoms. The Morgan fingerprint density at radius 3 is 2.40 bits per heavy atom. The van der Waals surface area contributed by atoms with E-state index < -0.39 is 6.09 Å². The highest BCUT2D eigenvalue weighted by Gasteiger charge is 2.22. The Balaban J connectivity index is 2.11. The Hall–Kier alpha value is -1.95. The third kappa shape index (κ3) is 2.96. The van der Waals surface area contributed by atoms with Crippen molar-refractivity contribution in [2.75, 3.05) is 38.1 Å². The summed E-state index contributed by atoms with van der Waals surface area (Å²) in [6.45, 7) is 2.07. The molecular formula is C13H16ClN3O3. The number of piperazine rings is 1. The minimum atomic E-state index is -0.897. The van der Waals surface area contributed by atoms with Gasteiger partial charge in [0.15, 0.2) is 0 Å². The van der Waals surface area contributed by atoms with Crippen LogP contribution in [0.5, 0.6) is 0 Å². The van der Waals surface area contributed by atoms with Crippen molar-refractivity contribution < 1.29 is 14.7 Å². The van der Waals surface area contributed by atoms with Gasteiger partial charge in [0, 0.05) is 38.8 Å². The maximum atomic E-state index is 11.5. The minimum Gasteiger partial charge on any atom is -0.465 e. The van der Waals surface area contributed by atoms with Crippen LogP contribution in [0.15, 0.2) is 18.2 Å². The number of nitrogens with one attached hydrogen (secondary N) is 1. The third-order valence-corrected chi connectivity index (χ3v) is 3.63. The van der Waals surface area contributed by atoms with Crippen LogP contribution in [-0.4, -0.2) is 55.2 Å². The van der Waals surface area contributed by atoms with Gasteiger partial charge in [-0.3, -0.25) is 4.79 Å². The number of amides is 2. The predicted molar refractivity (Wildman–Crippen MR) is 76.7 cm³/mol. The maximum absolute atomic E-state index is 11.5. The van der Waals surface area contributed by atoms with Crippen LogP contribution in [-0.2, 0) is 0 Å². The van der Waals surface area contributed by atoms with Crippen LogP contribution >= 0.6 is 11.6 Å². The molecule has 0 radical (unpaired) electrons. The van der Waals surface area contributed by atoms with E-state index in [1.54, 1.807) is 25.2 Å². The first kappa shape index (κ1) is 14.5. The topological polar surface area (TPSA) is 72.9 Å². The molecule has 0 aromatic heterocycles. The molecule has 2 N–H and O–H groups in total. The van der Waals surface area contributed by atoms with Gasteiger partial charge in [-0.25, -0.2) is 4.79 Å². The lowest BCUT2D eigenvalue weighted by atomic mass is 10.1. The largest absolute Gasteiger partial charge is 0.465 e. The summed E-state index contributed by atoms with van der Waals surface area (Å²) in [5, 5.41) is 11.9. The molecule has 0 atom stereocenters. The van der Waals surface area contributed by atoms with Crippen molar-refractivity contribution in [3.8, 4) is 0 Å². The molecule has 2 rings (SSSR count). The highest BCUT2D eigenvalue weighted by Crippen LogP contribution is 2.27. The van der Waals surface area contributed by atoms with Gasteiger partial charge in [-0.2, -0.15) is 0 Å². The first-order valence-electron chi connectivity index (χ1n) is 6.27. The van der Waals surface area contributed by atoms with E-state index >= 15 is 0 Å². The molecule has 108 valence electrons. The molecule has 0 unspecified atom stereocenters. The van der Waals surface area contributed by atoms with E-state index in [0.29, 0.717) is 36.8 Å². The second kappa shape index (κ2) is 6.00. The van der Waals surface area contributed by atoms with Crippen LogP contribution in [0.3, 0.4) is 0 Å². The third-order valence-electron chi connectivity index (χ3n) is 3.33. The smallest absolute Gasteiger partial charge is 0.407 e.